The highest BCUT2D eigenvalue weighted by Gasteiger charge is 2.32. The van der Waals surface area contributed by atoms with E-state index in [0.717, 1.165) is 6.07 Å². The number of anilines is 1. The molecular formula is C11H11F6NO2. The monoisotopic (exact) mass is 303 g/mol. The maximum atomic E-state index is 12.1. The van der Waals surface area contributed by atoms with Crippen LogP contribution >= 0.6 is 0 Å². The summed E-state index contributed by atoms with van der Waals surface area (Å²) in [7, 11) is 0. The van der Waals surface area contributed by atoms with Crippen LogP contribution in [0.4, 0.5) is 32.0 Å². The highest BCUT2D eigenvalue weighted by atomic mass is 19.4. The summed E-state index contributed by atoms with van der Waals surface area (Å²) in [6.45, 7) is -1.80. The van der Waals surface area contributed by atoms with Gasteiger partial charge in [0.15, 0.2) is 5.75 Å². The summed E-state index contributed by atoms with van der Waals surface area (Å²) in [5, 5.41) is 2.50. The van der Waals surface area contributed by atoms with Crippen LogP contribution in [0.15, 0.2) is 24.3 Å². The highest BCUT2D eigenvalue weighted by molar-refractivity contribution is 5.56. The van der Waals surface area contributed by atoms with Crippen LogP contribution < -0.4 is 10.1 Å². The minimum atomic E-state index is -4.84. The van der Waals surface area contributed by atoms with E-state index >= 15 is 0 Å². The maximum Gasteiger partial charge on any atom is 0.573 e. The Labute approximate surface area is 110 Å². The Hall–Kier alpha value is -1.64. The molecular weight excluding hydrogens is 292 g/mol. The highest BCUT2D eigenvalue weighted by Crippen LogP contribution is 2.29. The Morgan fingerprint density at radius 3 is 2.25 bits per heavy atom. The van der Waals surface area contributed by atoms with E-state index in [9.17, 15) is 26.3 Å². The molecule has 0 radical (unpaired) electrons. The van der Waals surface area contributed by atoms with Crippen molar-refractivity contribution >= 4 is 5.69 Å². The van der Waals surface area contributed by atoms with Crippen molar-refractivity contribution in [2.24, 2.45) is 0 Å². The zero-order valence-electron chi connectivity index (χ0n) is 10.0. The van der Waals surface area contributed by atoms with E-state index < -0.39 is 24.9 Å². The summed E-state index contributed by atoms with van der Waals surface area (Å²) in [5.74, 6) is -0.462. The van der Waals surface area contributed by atoms with E-state index in [2.05, 4.69) is 14.8 Å². The number of benzene rings is 1. The number of halogens is 6. The fourth-order valence-corrected chi connectivity index (χ4v) is 1.27. The summed E-state index contributed by atoms with van der Waals surface area (Å²) in [5.41, 5.74) is 0.0143. The molecule has 0 bridgehead atoms. The zero-order chi connectivity index (χ0) is 15.2. The maximum absolute atomic E-state index is 12.1. The van der Waals surface area contributed by atoms with Crippen LogP contribution in [0.1, 0.15) is 0 Å². The normalized spacial score (nSPS) is 12.3. The van der Waals surface area contributed by atoms with Crippen LogP contribution in [0.2, 0.25) is 0 Å². The summed E-state index contributed by atoms with van der Waals surface area (Å²) in [6, 6.07) is 5.20. The van der Waals surface area contributed by atoms with Crippen LogP contribution in [0.25, 0.3) is 0 Å². The van der Waals surface area contributed by atoms with Crippen molar-refractivity contribution in [1.82, 2.24) is 0 Å². The van der Waals surface area contributed by atoms with Gasteiger partial charge in [0.05, 0.1) is 12.3 Å². The molecule has 0 aliphatic carbocycles. The minimum absolute atomic E-state index is 0.0143. The third-order valence-corrected chi connectivity index (χ3v) is 1.94. The predicted octanol–water partition coefficient (Wildman–Crippen LogP) is 3.58. The van der Waals surface area contributed by atoms with E-state index in [-0.39, 0.29) is 18.8 Å². The zero-order valence-corrected chi connectivity index (χ0v) is 10.0. The lowest BCUT2D eigenvalue weighted by Crippen LogP contribution is -2.21. The summed E-state index contributed by atoms with van der Waals surface area (Å²) < 4.78 is 79.7. The van der Waals surface area contributed by atoms with Crippen molar-refractivity contribution in [3.63, 3.8) is 0 Å². The molecule has 114 valence electrons. The topological polar surface area (TPSA) is 30.5 Å². The van der Waals surface area contributed by atoms with E-state index in [1.54, 1.807) is 0 Å². The van der Waals surface area contributed by atoms with Gasteiger partial charge in [-0.3, -0.25) is 0 Å². The predicted molar refractivity (Wildman–Crippen MR) is 58.5 cm³/mol. The smallest absolute Gasteiger partial charge is 0.404 e. The number of hydrogen-bond donors (Lipinski definition) is 1. The minimum Gasteiger partial charge on any atom is -0.404 e. The Balaban J connectivity index is 2.44. The number of alkyl halides is 6. The second-order valence-corrected chi connectivity index (χ2v) is 3.64. The fourth-order valence-electron chi connectivity index (χ4n) is 1.27. The van der Waals surface area contributed by atoms with Gasteiger partial charge in [-0.05, 0) is 12.1 Å². The molecule has 3 nitrogen and oxygen atoms in total. The van der Waals surface area contributed by atoms with Crippen molar-refractivity contribution in [3.8, 4) is 5.75 Å². The first kappa shape index (κ1) is 16.4. The van der Waals surface area contributed by atoms with Crippen LogP contribution in [0.3, 0.4) is 0 Å². The van der Waals surface area contributed by atoms with E-state index in [1.807, 2.05) is 0 Å². The molecule has 0 spiro atoms. The third-order valence-electron chi connectivity index (χ3n) is 1.94. The van der Waals surface area contributed by atoms with Gasteiger partial charge in [-0.25, -0.2) is 0 Å². The van der Waals surface area contributed by atoms with Crippen molar-refractivity contribution in [2.45, 2.75) is 12.5 Å². The molecule has 0 atom stereocenters. The van der Waals surface area contributed by atoms with Crippen molar-refractivity contribution < 1.29 is 35.8 Å². The van der Waals surface area contributed by atoms with Crippen molar-refractivity contribution in [3.05, 3.63) is 24.3 Å². The Bertz CT molecular complexity index is 418. The van der Waals surface area contributed by atoms with Gasteiger partial charge >= 0.3 is 12.5 Å². The van der Waals surface area contributed by atoms with Crippen LogP contribution in [-0.4, -0.2) is 32.3 Å². The van der Waals surface area contributed by atoms with Gasteiger partial charge < -0.3 is 14.8 Å². The molecule has 0 aromatic heterocycles. The summed E-state index contributed by atoms with van der Waals surface area (Å²) in [6.07, 6.45) is -9.28. The third kappa shape index (κ3) is 7.07. The van der Waals surface area contributed by atoms with Gasteiger partial charge in [-0.2, -0.15) is 13.2 Å². The van der Waals surface area contributed by atoms with Gasteiger partial charge in [-0.1, -0.05) is 12.1 Å². The molecule has 0 unspecified atom stereocenters. The molecule has 1 aromatic rings. The Kier molecular flexibility index (Phi) is 5.49. The molecule has 1 N–H and O–H groups in total. The number of rotatable bonds is 6. The van der Waals surface area contributed by atoms with Crippen molar-refractivity contribution in [2.75, 3.05) is 25.1 Å². The summed E-state index contributed by atoms with van der Waals surface area (Å²) >= 11 is 0. The SMILES string of the molecule is FC(F)(F)COCCNc1ccccc1OC(F)(F)F. The number of hydrogen-bond acceptors (Lipinski definition) is 3. The fraction of sp³-hybridized carbons (Fsp3) is 0.455. The molecule has 1 rings (SSSR count). The second kappa shape index (κ2) is 6.69. The molecule has 1 aromatic carbocycles. The van der Waals surface area contributed by atoms with Crippen LogP contribution in [0, 0.1) is 0 Å². The summed E-state index contributed by atoms with van der Waals surface area (Å²) in [4.78, 5) is 0. The van der Waals surface area contributed by atoms with E-state index in [0.29, 0.717) is 0 Å². The lowest BCUT2D eigenvalue weighted by Gasteiger charge is -2.14. The molecule has 0 heterocycles. The van der Waals surface area contributed by atoms with Gasteiger partial charge in [0.25, 0.3) is 0 Å². The molecule has 20 heavy (non-hydrogen) atoms. The van der Waals surface area contributed by atoms with E-state index in [1.165, 1.54) is 18.2 Å². The molecule has 0 amide bonds. The number of nitrogens with one attached hydrogen (secondary N) is 1. The van der Waals surface area contributed by atoms with Gasteiger partial charge in [0, 0.05) is 6.54 Å². The second-order valence-electron chi connectivity index (χ2n) is 3.64. The van der Waals surface area contributed by atoms with Gasteiger partial charge in [0.1, 0.15) is 6.61 Å². The molecule has 0 aliphatic rings. The Morgan fingerprint density at radius 1 is 1.00 bits per heavy atom. The Morgan fingerprint density at radius 2 is 1.65 bits per heavy atom. The molecule has 9 heteroatoms. The lowest BCUT2D eigenvalue weighted by atomic mass is 10.3. The van der Waals surface area contributed by atoms with Crippen molar-refractivity contribution in [1.29, 1.82) is 0 Å². The van der Waals surface area contributed by atoms with Crippen LogP contribution in [-0.2, 0) is 4.74 Å². The molecule has 0 fully saturated rings. The quantitative estimate of drug-likeness (QED) is 0.643. The van der Waals surface area contributed by atoms with Gasteiger partial charge in [-0.15, -0.1) is 13.2 Å². The molecule has 0 aliphatic heterocycles. The first-order chi connectivity index (χ1) is 9.17. The van der Waals surface area contributed by atoms with E-state index in [4.69, 9.17) is 0 Å². The first-order valence-corrected chi connectivity index (χ1v) is 5.40. The average Bonchev–Trinajstić information content (AvgIpc) is 2.27. The first-order valence-electron chi connectivity index (χ1n) is 5.40. The number of ether oxygens (including phenoxy) is 2. The average molecular weight is 303 g/mol. The number of para-hydroxylation sites is 2. The molecule has 0 saturated heterocycles. The van der Waals surface area contributed by atoms with Gasteiger partial charge in [0.2, 0.25) is 0 Å². The molecule has 0 saturated carbocycles. The standard InChI is InChI=1S/C11H11F6NO2/c12-10(13,14)7-19-6-5-18-8-3-1-2-4-9(8)20-11(15,16)17/h1-4,18H,5-7H2. The lowest BCUT2D eigenvalue weighted by molar-refractivity contribution is -0.274. The largest absolute Gasteiger partial charge is 0.573 e. The van der Waals surface area contributed by atoms with Crippen LogP contribution in [0.5, 0.6) is 5.75 Å².